The number of aromatic nitrogens is 1. The van der Waals surface area contributed by atoms with Gasteiger partial charge in [-0.05, 0) is 6.07 Å². The van der Waals surface area contributed by atoms with Crippen LogP contribution in [0.2, 0.25) is 5.15 Å². The smallest absolute Gasteiger partial charge is 0.298 e. The van der Waals surface area contributed by atoms with E-state index in [0.29, 0.717) is 6.07 Å². The molecule has 0 N–H and O–H groups in total. The maximum Gasteiger partial charge on any atom is 0.420 e. The molecule has 1 aromatic heterocycles. The molecule has 0 aliphatic rings. The molecule has 0 saturated heterocycles. The van der Waals surface area contributed by atoms with Crippen LogP contribution in [0.4, 0.5) is 22.0 Å². The molecule has 0 amide bonds. The Morgan fingerprint density at radius 2 is 1.94 bits per heavy atom. The third-order valence-electron chi connectivity index (χ3n) is 1.66. The number of alkyl halides is 5. The van der Waals surface area contributed by atoms with Crippen molar-refractivity contribution in [2.24, 2.45) is 0 Å². The summed E-state index contributed by atoms with van der Waals surface area (Å²) in [6.45, 7) is 0. The van der Waals surface area contributed by atoms with Crippen molar-refractivity contribution in [3.63, 3.8) is 0 Å². The summed E-state index contributed by atoms with van der Waals surface area (Å²) in [6.07, 6.45) is -8.21. The lowest BCUT2D eigenvalue weighted by molar-refractivity contribution is -0.138. The van der Waals surface area contributed by atoms with E-state index in [-0.39, 0.29) is 6.29 Å². The molecule has 8 heteroatoms. The van der Waals surface area contributed by atoms with Crippen molar-refractivity contribution in [2.45, 2.75) is 12.6 Å². The van der Waals surface area contributed by atoms with Gasteiger partial charge in [0.1, 0.15) is 16.4 Å². The fraction of sp³-hybridized carbons (Fsp3) is 0.250. The molecule has 0 atom stereocenters. The Morgan fingerprint density at radius 3 is 2.31 bits per heavy atom. The third-order valence-corrected chi connectivity index (χ3v) is 1.93. The Labute approximate surface area is 91.0 Å². The van der Waals surface area contributed by atoms with Gasteiger partial charge < -0.3 is 0 Å². The number of pyridine rings is 1. The number of hydrogen-bond donors (Lipinski definition) is 0. The Balaban J connectivity index is 3.47. The van der Waals surface area contributed by atoms with Gasteiger partial charge in [-0.25, -0.2) is 13.8 Å². The fourth-order valence-electron chi connectivity index (χ4n) is 1.04. The monoisotopic (exact) mass is 259 g/mol. The molecule has 0 aromatic carbocycles. The minimum absolute atomic E-state index is 0.192. The minimum Gasteiger partial charge on any atom is -0.298 e. The van der Waals surface area contributed by atoms with E-state index in [1.165, 1.54) is 0 Å². The zero-order valence-corrected chi connectivity index (χ0v) is 8.11. The zero-order chi connectivity index (χ0) is 12.5. The van der Waals surface area contributed by atoms with Crippen LogP contribution >= 0.6 is 11.6 Å². The SMILES string of the molecule is O=Cc1cc(C(F)F)nc(Cl)c1C(F)(F)F. The van der Waals surface area contributed by atoms with Crippen molar-refractivity contribution in [1.29, 1.82) is 0 Å². The lowest BCUT2D eigenvalue weighted by Crippen LogP contribution is -2.12. The number of aldehydes is 1. The van der Waals surface area contributed by atoms with E-state index in [1.54, 1.807) is 0 Å². The van der Waals surface area contributed by atoms with Gasteiger partial charge in [0.25, 0.3) is 6.43 Å². The van der Waals surface area contributed by atoms with Crippen LogP contribution in [0.5, 0.6) is 0 Å². The predicted octanol–water partition coefficient (Wildman–Crippen LogP) is 3.50. The molecule has 1 heterocycles. The second-order valence-electron chi connectivity index (χ2n) is 2.72. The van der Waals surface area contributed by atoms with Gasteiger partial charge in [-0.15, -0.1) is 0 Å². The van der Waals surface area contributed by atoms with Gasteiger partial charge in [-0.2, -0.15) is 13.2 Å². The Bertz CT molecular complexity index is 418. The summed E-state index contributed by atoms with van der Waals surface area (Å²) in [5.41, 5.74) is -3.43. The maximum absolute atomic E-state index is 12.4. The fourth-order valence-corrected chi connectivity index (χ4v) is 1.35. The van der Waals surface area contributed by atoms with Crippen LogP contribution in [0.25, 0.3) is 0 Å². The van der Waals surface area contributed by atoms with Gasteiger partial charge >= 0.3 is 6.18 Å². The number of halogens is 6. The minimum atomic E-state index is -4.92. The number of carbonyl (C=O) groups excluding carboxylic acids is 1. The maximum atomic E-state index is 12.4. The third kappa shape index (κ3) is 2.46. The molecular weight excluding hydrogens is 257 g/mol. The van der Waals surface area contributed by atoms with Crippen molar-refractivity contribution in [2.75, 3.05) is 0 Å². The average molecular weight is 260 g/mol. The van der Waals surface area contributed by atoms with Gasteiger partial charge in [0.2, 0.25) is 0 Å². The van der Waals surface area contributed by atoms with Crippen molar-refractivity contribution in [3.05, 3.63) is 28.0 Å². The highest BCUT2D eigenvalue weighted by atomic mass is 35.5. The first-order chi connectivity index (χ1) is 7.27. The normalized spacial score (nSPS) is 11.9. The Hall–Kier alpha value is -1.24. The highest BCUT2D eigenvalue weighted by Gasteiger charge is 2.37. The number of carbonyl (C=O) groups is 1. The van der Waals surface area contributed by atoms with Crippen LogP contribution in [0, 0.1) is 0 Å². The van der Waals surface area contributed by atoms with Crippen LogP contribution < -0.4 is 0 Å². The second kappa shape index (κ2) is 4.32. The first-order valence-electron chi connectivity index (χ1n) is 3.78. The van der Waals surface area contributed by atoms with E-state index in [4.69, 9.17) is 11.6 Å². The van der Waals surface area contributed by atoms with Crippen LogP contribution in [0.15, 0.2) is 6.07 Å². The topological polar surface area (TPSA) is 30.0 Å². The number of hydrogen-bond acceptors (Lipinski definition) is 2. The highest BCUT2D eigenvalue weighted by Crippen LogP contribution is 2.37. The largest absolute Gasteiger partial charge is 0.420 e. The van der Waals surface area contributed by atoms with Gasteiger partial charge in [0.15, 0.2) is 6.29 Å². The molecule has 0 unspecified atom stereocenters. The molecule has 1 rings (SSSR count). The van der Waals surface area contributed by atoms with E-state index in [1.807, 2.05) is 0 Å². The second-order valence-corrected chi connectivity index (χ2v) is 3.08. The molecule has 16 heavy (non-hydrogen) atoms. The van der Waals surface area contributed by atoms with E-state index < -0.39 is 34.6 Å². The number of nitrogens with zero attached hydrogens (tertiary/aromatic N) is 1. The highest BCUT2D eigenvalue weighted by molar-refractivity contribution is 6.30. The standard InChI is InChI=1S/C8H3ClF5NO/c9-6-5(8(12,13)14)3(2-16)1-4(15-6)7(10)11/h1-2,7H. The molecule has 0 saturated carbocycles. The molecule has 0 aliphatic carbocycles. The summed E-state index contributed by atoms with van der Waals surface area (Å²) in [4.78, 5) is 13.3. The average Bonchev–Trinajstić information content (AvgIpc) is 2.14. The van der Waals surface area contributed by atoms with Crippen molar-refractivity contribution >= 4 is 17.9 Å². The van der Waals surface area contributed by atoms with E-state index >= 15 is 0 Å². The van der Waals surface area contributed by atoms with Gasteiger partial charge in [0.05, 0.1) is 0 Å². The van der Waals surface area contributed by atoms with Crippen LogP contribution in [0.3, 0.4) is 0 Å². The molecule has 0 bridgehead atoms. The van der Waals surface area contributed by atoms with E-state index in [9.17, 15) is 26.7 Å². The lowest BCUT2D eigenvalue weighted by Gasteiger charge is -2.12. The van der Waals surface area contributed by atoms with Crippen LogP contribution in [-0.2, 0) is 6.18 Å². The van der Waals surface area contributed by atoms with Crippen molar-refractivity contribution in [3.8, 4) is 0 Å². The molecule has 0 aliphatic heterocycles. The molecule has 2 nitrogen and oxygen atoms in total. The van der Waals surface area contributed by atoms with E-state index in [0.717, 1.165) is 0 Å². The summed E-state index contributed by atoms with van der Waals surface area (Å²) < 4.78 is 61.4. The Kier molecular flexibility index (Phi) is 3.47. The molecule has 0 spiro atoms. The summed E-state index contributed by atoms with van der Waals surface area (Å²) in [5, 5.41) is -1.16. The van der Waals surface area contributed by atoms with E-state index in [2.05, 4.69) is 4.98 Å². The summed E-state index contributed by atoms with van der Waals surface area (Å²) in [7, 11) is 0. The molecule has 0 fully saturated rings. The van der Waals surface area contributed by atoms with Gasteiger partial charge in [-0.3, -0.25) is 4.79 Å². The van der Waals surface area contributed by atoms with Crippen molar-refractivity contribution in [1.82, 2.24) is 4.98 Å². The molecule has 88 valence electrons. The summed E-state index contributed by atoms with van der Waals surface area (Å²) in [6, 6.07) is 0.367. The summed E-state index contributed by atoms with van der Waals surface area (Å²) in [5.74, 6) is 0. The quantitative estimate of drug-likeness (QED) is 0.462. The molecular formula is C8H3ClF5NO. The van der Waals surface area contributed by atoms with Crippen LogP contribution in [0.1, 0.15) is 28.0 Å². The first-order valence-corrected chi connectivity index (χ1v) is 4.16. The van der Waals surface area contributed by atoms with Crippen molar-refractivity contribution < 1.29 is 26.7 Å². The number of rotatable bonds is 2. The lowest BCUT2D eigenvalue weighted by atomic mass is 10.1. The predicted molar refractivity (Wildman–Crippen MR) is 44.6 cm³/mol. The zero-order valence-electron chi connectivity index (χ0n) is 7.36. The molecule has 1 aromatic rings. The molecule has 0 radical (unpaired) electrons. The van der Waals surface area contributed by atoms with Crippen LogP contribution in [-0.4, -0.2) is 11.3 Å². The summed E-state index contributed by atoms with van der Waals surface area (Å²) >= 11 is 5.12. The van der Waals surface area contributed by atoms with Gasteiger partial charge in [0, 0.05) is 5.56 Å². The van der Waals surface area contributed by atoms with Gasteiger partial charge in [-0.1, -0.05) is 11.6 Å². The first kappa shape index (κ1) is 12.8. The Morgan fingerprint density at radius 1 is 1.38 bits per heavy atom.